The van der Waals surface area contributed by atoms with Crippen LogP contribution in [-0.2, 0) is 32.7 Å². The number of carbonyl (C=O) groups is 2. The summed E-state index contributed by atoms with van der Waals surface area (Å²) in [4.78, 5) is 23.1. The monoisotopic (exact) mass is 404 g/mol. The Morgan fingerprint density at radius 2 is 1.30 bits per heavy atom. The van der Waals surface area contributed by atoms with Gasteiger partial charge in [0.25, 0.3) is 0 Å². The minimum Gasteiger partial charge on any atom is -0.457 e. The lowest BCUT2D eigenvalue weighted by Crippen LogP contribution is -2.23. The van der Waals surface area contributed by atoms with Gasteiger partial charge < -0.3 is 18.5 Å². The lowest BCUT2D eigenvalue weighted by atomic mass is 10.3. The smallest absolute Gasteiger partial charge is 0.333 e. The van der Waals surface area contributed by atoms with Crippen molar-refractivity contribution in [1.82, 2.24) is 0 Å². The number of esters is 2. The van der Waals surface area contributed by atoms with E-state index in [9.17, 15) is 14.2 Å². The van der Waals surface area contributed by atoms with Crippen molar-refractivity contribution >= 4 is 19.5 Å². The molecule has 0 aromatic heterocycles. The number of unbranched alkanes of at least 4 members (excludes halogenated alkanes) is 2. The summed E-state index contributed by atoms with van der Waals surface area (Å²) >= 11 is 0. The zero-order chi connectivity index (χ0) is 21.0. The molecule has 0 saturated carbocycles. The Kier molecular flexibility index (Phi) is 12.2. The molecule has 0 fully saturated rings. The molecule has 0 rings (SSSR count). The predicted molar refractivity (Wildman–Crippen MR) is 105 cm³/mol. The summed E-state index contributed by atoms with van der Waals surface area (Å²) in [6.45, 7) is 15.3. The Morgan fingerprint density at radius 3 is 1.63 bits per heavy atom. The molecule has 156 valence electrons. The second-order valence-electron chi connectivity index (χ2n) is 6.63. The second kappa shape index (κ2) is 12.9. The van der Waals surface area contributed by atoms with Crippen LogP contribution < -0.4 is 0 Å². The first-order valence-corrected chi connectivity index (χ1v) is 10.8. The molecule has 27 heavy (non-hydrogen) atoms. The van der Waals surface area contributed by atoms with E-state index in [0.717, 1.165) is 12.8 Å². The molecule has 2 unspecified atom stereocenters. The minimum absolute atomic E-state index is 0.0671. The van der Waals surface area contributed by atoms with Crippen LogP contribution in [0.2, 0.25) is 0 Å². The maximum atomic E-state index is 13.0. The quantitative estimate of drug-likeness (QED) is 0.183. The fourth-order valence-corrected chi connectivity index (χ4v) is 3.61. The molecule has 0 aliphatic rings. The summed E-state index contributed by atoms with van der Waals surface area (Å²) in [6.07, 6.45) is 1.56. The van der Waals surface area contributed by atoms with Crippen molar-refractivity contribution in [3.8, 4) is 0 Å². The molecular formula is C19H33O7P. The SMILES string of the molecule is C=C(C)C(=O)OC(C)COP(=O)(CCCCC)OCC(C)OC(=O)C(=C)C. The van der Waals surface area contributed by atoms with Crippen molar-refractivity contribution in [2.24, 2.45) is 0 Å². The number of carbonyl (C=O) groups excluding carboxylic acids is 2. The molecule has 0 aliphatic carbocycles. The van der Waals surface area contributed by atoms with Gasteiger partial charge in [-0.1, -0.05) is 32.9 Å². The fourth-order valence-electron chi connectivity index (χ4n) is 1.79. The van der Waals surface area contributed by atoms with Gasteiger partial charge >= 0.3 is 19.5 Å². The van der Waals surface area contributed by atoms with Gasteiger partial charge in [-0.05, 0) is 34.1 Å². The molecule has 2 atom stereocenters. The van der Waals surface area contributed by atoms with Crippen LogP contribution in [0.15, 0.2) is 24.3 Å². The van der Waals surface area contributed by atoms with Crippen LogP contribution in [0.4, 0.5) is 0 Å². The van der Waals surface area contributed by atoms with E-state index in [1.807, 2.05) is 6.92 Å². The van der Waals surface area contributed by atoms with Gasteiger partial charge in [0.2, 0.25) is 0 Å². The summed E-state index contributed by atoms with van der Waals surface area (Å²) in [7, 11) is -3.42. The van der Waals surface area contributed by atoms with Crippen LogP contribution >= 0.6 is 7.60 Å². The van der Waals surface area contributed by atoms with E-state index >= 15 is 0 Å². The van der Waals surface area contributed by atoms with E-state index in [2.05, 4.69) is 13.2 Å². The van der Waals surface area contributed by atoms with Gasteiger partial charge in [0, 0.05) is 11.1 Å². The molecule has 0 aliphatic heterocycles. The van der Waals surface area contributed by atoms with Crippen LogP contribution in [0.5, 0.6) is 0 Å². The van der Waals surface area contributed by atoms with Crippen molar-refractivity contribution in [3.63, 3.8) is 0 Å². The molecular weight excluding hydrogens is 371 g/mol. The Hall–Kier alpha value is -1.43. The highest BCUT2D eigenvalue weighted by molar-refractivity contribution is 7.53. The largest absolute Gasteiger partial charge is 0.457 e. The van der Waals surface area contributed by atoms with Crippen LogP contribution in [0.1, 0.15) is 53.9 Å². The Labute approximate surface area is 162 Å². The zero-order valence-corrected chi connectivity index (χ0v) is 18.0. The molecule has 7 nitrogen and oxygen atoms in total. The van der Waals surface area contributed by atoms with Gasteiger partial charge in [-0.25, -0.2) is 9.59 Å². The first-order chi connectivity index (χ1) is 12.5. The molecule has 8 heteroatoms. The lowest BCUT2D eigenvalue weighted by Gasteiger charge is -2.22. The highest BCUT2D eigenvalue weighted by atomic mass is 31.2. The van der Waals surface area contributed by atoms with Crippen molar-refractivity contribution in [1.29, 1.82) is 0 Å². The maximum absolute atomic E-state index is 13.0. The third-order valence-electron chi connectivity index (χ3n) is 3.36. The molecule has 0 amide bonds. The number of rotatable bonds is 14. The highest BCUT2D eigenvalue weighted by Crippen LogP contribution is 2.49. The molecule has 0 heterocycles. The van der Waals surface area contributed by atoms with E-state index in [0.29, 0.717) is 6.42 Å². The van der Waals surface area contributed by atoms with Crippen LogP contribution in [0.25, 0.3) is 0 Å². The Balaban J connectivity index is 4.71. The van der Waals surface area contributed by atoms with E-state index in [4.69, 9.17) is 18.5 Å². The van der Waals surface area contributed by atoms with Crippen molar-refractivity contribution < 1.29 is 32.7 Å². The molecule has 0 N–H and O–H groups in total. The zero-order valence-electron chi connectivity index (χ0n) is 17.1. The van der Waals surface area contributed by atoms with Gasteiger partial charge in [-0.15, -0.1) is 0 Å². The van der Waals surface area contributed by atoms with E-state index in [1.54, 1.807) is 27.7 Å². The summed E-state index contributed by atoms with van der Waals surface area (Å²) in [5, 5.41) is 0. The summed E-state index contributed by atoms with van der Waals surface area (Å²) in [6, 6.07) is 0. The van der Waals surface area contributed by atoms with Gasteiger partial charge in [0.05, 0.1) is 19.4 Å². The Morgan fingerprint density at radius 1 is 0.889 bits per heavy atom. The normalized spacial score (nSPS) is 15.3. The van der Waals surface area contributed by atoms with E-state index < -0.39 is 31.7 Å². The average Bonchev–Trinajstić information content (AvgIpc) is 2.58. The van der Waals surface area contributed by atoms with E-state index in [1.165, 1.54) is 0 Å². The van der Waals surface area contributed by atoms with Crippen LogP contribution in [-0.4, -0.2) is 43.5 Å². The minimum atomic E-state index is -3.42. The van der Waals surface area contributed by atoms with E-state index in [-0.39, 0.29) is 30.5 Å². The van der Waals surface area contributed by atoms with Crippen molar-refractivity contribution in [2.75, 3.05) is 19.4 Å². The first kappa shape index (κ1) is 25.6. The fraction of sp³-hybridized carbons (Fsp3) is 0.684. The molecule has 0 spiro atoms. The van der Waals surface area contributed by atoms with Crippen LogP contribution in [0.3, 0.4) is 0 Å². The summed E-state index contributed by atoms with van der Waals surface area (Å²) < 4.78 is 34.2. The number of hydrogen-bond acceptors (Lipinski definition) is 7. The van der Waals surface area contributed by atoms with Gasteiger partial charge in [0.15, 0.2) is 0 Å². The second-order valence-corrected chi connectivity index (χ2v) is 8.81. The Bertz CT molecular complexity index is 528. The molecule has 0 bridgehead atoms. The van der Waals surface area contributed by atoms with Gasteiger partial charge in [-0.2, -0.15) is 0 Å². The molecule has 0 aromatic rings. The maximum Gasteiger partial charge on any atom is 0.333 e. The standard InChI is InChI=1S/C19H33O7P/c1-8-9-10-11-27(22,23-12-16(6)25-18(20)14(2)3)24-13-17(7)26-19(21)15(4)5/h16-17H,2,4,8-13H2,1,3,5-7H3. The number of ether oxygens (including phenoxy) is 2. The third-order valence-corrected chi connectivity index (χ3v) is 5.31. The summed E-state index contributed by atoms with van der Waals surface area (Å²) in [5.41, 5.74) is 0.551. The van der Waals surface area contributed by atoms with Crippen molar-refractivity contribution in [3.05, 3.63) is 24.3 Å². The van der Waals surface area contributed by atoms with Crippen LogP contribution in [0, 0.1) is 0 Å². The van der Waals surface area contributed by atoms with Gasteiger partial charge in [-0.3, -0.25) is 4.57 Å². The molecule has 0 radical (unpaired) electrons. The van der Waals surface area contributed by atoms with Crippen molar-refractivity contribution in [2.45, 2.75) is 66.1 Å². The molecule has 0 saturated heterocycles. The number of hydrogen-bond donors (Lipinski definition) is 0. The highest BCUT2D eigenvalue weighted by Gasteiger charge is 2.27. The average molecular weight is 404 g/mol. The molecule has 0 aromatic carbocycles. The first-order valence-electron chi connectivity index (χ1n) is 9.11. The predicted octanol–water partition coefficient (Wildman–Crippen LogP) is 4.42. The summed E-state index contributed by atoms with van der Waals surface area (Å²) in [5.74, 6) is -1.07. The van der Waals surface area contributed by atoms with Gasteiger partial charge in [0.1, 0.15) is 12.2 Å². The topological polar surface area (TPSA) is 88.1 Å². The lowest BCUT2D eigenvalue weighted by molar-refractivity contribution is -0.145. The third kappa shape index (κ3) is 11.8.